The van der Waals surface area contributed by atoms with Crippen LogP contribution in [0.4, 0.5) is 0 Å². The van der Waals surface area contributed by atoms with Crippen molar-refractivity contribution in [3.05, 3.63) is 102 Å². The van der Waals surface area contributed by atoms with E-state index in [1.807, 2.05) is 86.3 Å². The van der Waals surface area contributed by atoms with Gasteiger partial charge in [0.2, 0.25) is 0 Å². The highest BCUT2D eigenvalue weighted by Crippen LogP contribution is 2.57. The van der Waals surface area contributed by atoms with E-state index in [2.05, 4.69) is 129 Å². The molecule has 10 aromatic rings. The monoisotopic (exact) mass is 1510 g/mol. The number of amides is 1. The van der Waals surface area contributed by atoms with Gasteiger partial charge in [0.05, 0.1) is 23.2 Å². The molecule has 0 aliphatic carbocycles. The predicted octanol–water partition coefficient (Wildman–Crippen LogP) is 30.3. The molecule has 1 aliphatic rings. The van der Waals surface area contributed by atoms with Gasteiger partial charge in [-0.25, -0.2) is 0 Å². The average molecular weight is 1510 g/mol. The molecule has 0 radical (unpaired) electrons. The number of benzene rings is 2. The number of nitrogens with zero attached hydrogens (tertiary/aromatic N) is 3. The zero-order valence-electron chi connectivity index (χ0n) is 60.9. The van der Waals surface area contributed by atoms with Crippen molar-refractivity contribution in [1.29, 1.82) is 0 Å². The van der Waals surface area contributed by atoms with Crippen molar-refractivity contribution in [3.8, 4) is 66.3 Å². The predicted molar refractivity (Wildman–Crippen MR) is 452 cm³/mol. The van der Waals surface area contributed by atoms with E-state index >= 15 is 0 Å². The number of carbonyl (C=O) groups excluding carboxylic acids is 1. The minimum Gasteiger partial charge on any atom is -0.493 e. The summed E-state index contributed by atoms with van der Waals surface area (Å²) >= 11 is 22.4. The van der Waals surface area contributed by atoms with Gasteiger partial charge in [0.25, 0.3) is 5.91 Å². The second-order valence-electron chi connectivity index (χ2n) is 27.9. The normalized spacial score (nSPS) is 14.0. The number of fused-ring (bicyclic) bond motifs is 3. The number of aryl methyl sites for hydroxylation is 3. The zero-order chi connectivity index (χ0) is 69.4. The number of thiophene rings is 7. The first-order valence-corrected chi connectivity index (χ1v) is 45.8. The summed E-state index contributed by atoms with van der Waals surface area (Å²) < 4.78 is 20.5. The van der Waals surface area contributed by atoms with E-state index in [4.69, 9.17) is 25.7 Å². The van der Waals surface area contributed by atoms with Crippen molar-refractivity contribution in [1.82, 2.24) is 13.6 Å². The van der Waals surface area contributed by atoms with Crippen LogP contribution in [0, 0.1) is 25.7 Å². The Hall–Kier alpha value is -3.87. The van der Waals surface area contributed by atoms with Gasteiger partial charge in [-0.1, -0.05) is 220 Å². The molecular weight excluding hydrogens is 1400 g/mol. The Morgan fingerprint density at radius 3 is 1.54 bits per heavy atom. The van der Waals surface area contributed by atoms with Crippen LogP contribution in [0.15, 0.2) is 65.6 Å². The van der Waals surface area contributed by atoms with Gasteiger partial charge < -0.3 is 4.74 Å². The number of aromatic nitrogens is 2. The SMILES string of the molecule is CCCCCCCCOc1c(C)c(-c2cc3c(-c4ccc(CC(CC)CCCC)s4)c4sc(-c5cc(CCCCCCCC)c(-c6ccc(-c7sc(/C=C8/SC(=S)N(CC)C8=O)cc7CCCCCCCC)s6)s5)cc4c(-c4ccc(CC(CC)CCCC)s4)c3s2)c2nsnc2c1C. The molecule has 8 aromatic heterocycles. The first-order valence-electron chi connectivity index (χ1n) is 38.1. The fourth-order valence-corrected chi connectivity index (χ4v) is 25.5. The van der Waals surface area contributed by atoms with E-state index in [1.165, 1.54) is 291 Å². The Balaban J connectivity index is 1.07. The molecule has 2 atom stereocenters. The van der Waals surface area contributed by atoms with Gasteiger partial charge in [0.15, 0.2) is 0 Å². The summed E-state index contributed by atoms with van der Waals surface area (Å²) in [5.74, 6) is 2.38. The molecule has 15 heteroatoms. The molecule has 1 fully saturated rings. The average Bonchev–Trinajstić information content (AvgIpc) is 1.57. The fraction of sp³-hybridized carbons (Fsp3) is 0.524. The van der Waals surface area contributed by atoms with Crippen molar-refractivity contribution in [2.45, 2.75) is 262 Å². The zero-order valence-corrected chi connectivity index (χ0v) is 69.0. The van der Waals surface area contributed by atoms with Gasteiger partial charge >= 0.3 is 0 Å². The molecule has 1 saturated heterocycles. The van der Waals surface area contributed by atoms with Crippen molar-refractivity contribution in [2.24, 2.45) is 11.8 Å². The lowest BCUT2D eigenvalue weighted by Gasteiger charge is -2.16. The van der Waals surface area contributed by atoms with E-state index in [-0.39, 0.29) is 5.91 Å². The number of ether oxygens (including phenoxy) is 1. The maximum Gasteiger partial charge on any atom is 0.266 e. The van der Waals surface area contributed by atoms with Crippen LogP contribution >= 0.6 is 115 Å². The molecule has 2 aromatic carbocycles. The van der Waals surface area contributed by atoms with Gasteiger partial charge in [-0.05, 0) is 155 Å². The summed E-state index contributed by atoms with van der Waals surface area (Å²) in [6.07, 6.45) is 39.1. The Labute approximate surface area is 635 Å². The third-order valence-electron chi connectivity index (χ3n) is 20.5. The lowest BCUT2D eigenvalue weighted by Crippen LogP contribution is -2.27. The van der Waals surface area contributed by atoms with Gasteiger partial charge in [-0.15, -0.1) is 79.4 Å². The molecular formula is C84H107N3O2S10. The molecule has 5 nitrogen and oxygen atoms in total. The Morgan fingerprint density at radius 1 is 0.485 bits per heavy atom. The van der Waals surface area contributed by atoms with Crippen LogP contribution < -0.4 is 4.74 Å². The number of thioether (sulfide) groups is 1. The third-order valence-corrected chi connectivity index (χ3v) is 30.9. The second kappa shape index (κ2) is 37.7. The maximum atomic E-state index is 13.6. The van der Waals surface area contributed by atoms with Gasteiger partial charge in [0, 0.05) is 113 Å². The lowest BCUT2D eigenvalue weighted by molar-refractivity contribution is -0.122. The molecule has 0 N–H and O–H groups in total. The fourth-order valence-electron chi connectivity index (χ4n) is 14.6. The first-order chi connectivity index (χ1) is 48.4. The molecule has 99 heavy (non-hydrogen) atoms. The van der Waals surface area contributed by atoms with Gasteiger partial charge in [-0.3, -0.25) is 9.69 Å². The minimum absolute atomic E-state index is 0.0321. The summed E-state index contributed by atoms with van der Waals surface area (Å²) in [5.41, 5.74) is 11.1. The second-order valence-corrected chi connectivity index (χ2v) is 37.7. The van der Waals surface area contributed by atoms with Crippen molar-refractivity contribution >= 4 is 163 Å². The third kappa shape index (κ3) is 18.4. The molecule has 2 unspecified atom stereocenters. The van der Waals surface area contributed by atoms with Crippen LogP contribution in [-0.2, 0) is 30.5 Å². The summed E-state index contributed by atoms with van der Waals surface area (Å²) in [5, 5.41) is 2.72. The number of hydrogen-bond acceptors (Lipinski definition) is 14. The van der Waals surface area contributed by atoms with Crippen LogP contribution in [0.25, 0.3) is 97.9 Å². The molecule has 9 heterocycles. The van der Waals surface area contributed by atoms with Gasteiger partial charge in [-0.2, -0.15) is 8.75 Å². The highest BCUT2D eigenvalue weighted by atomic mass is 32.2. The van der Waals surface area contributed by atoms with E-state index < -0.39 is 0 Å². The number of unbranched alkanes of at least 4 members (excludes halogenated alkanes) is 17. The number of thiocarbonyl (C=S) groups is 1. The van der Waals surface area contributed by atoms with Crippen LogP contribution in [-0.4, -0.2) is 37.0 Å². The number of likely N-dealkylation sites (N-methyl/N-ethyl adjacent to an activating group) is 1. The summed E-state index contributed by atoms with van der Waals surface area (Å²) in [7, 11) is 0. The Morgan fingerprint density at radius 2 is 0.980 bits per heavy atom. The molecule has 0 saturated carbocycles. The number of carbonyl (C=O) groups is 1. The Kier molecular flexibility index (Phi) is 29.1. The summed E-state index contributed by atoms with van der Waals surface area (Å²) in [4.78, 5) is 32.4. The largest absolute Gasteiger partial charge is 0.493 e. The van der Waals surface area contributed by atoms with Crippen LogP contribution in [0.3, 0.4) is 0 Å². The van der Waals surface area contributed by atoms with Crippen molar-refractivity contribution in [3.63, 3.8) is 0 Å². The standard InChI is InChI=1S/C84H107N3O2S10/c1-11-19-24-27-30-33-38-58-49-62(51-72-83(88)87(18-8)84(90)98-72)93-79(58)67-44-45-68(94-67)80-59(39-34-31-28-25-20-12-2)50-69(95-80)70-52-63-74(65-42-40-60(91-65)47-56(16-6)36-22-14-4)82-64(75(81(63)96-70)66-43-41-61(92-66)48-57(17-7)37-23-15-5)53-71(97-82)73-54(9)78(55(10)76-77(73)86-99-85-76)89-46-35-32-29-26-21-13-3/h40-45,49-53,56-57H,11-39,46-48H2,1-10H3/b72-51+. The molecule has 530 valence electrons. The molecule has 11 rings (SSSR count). The molecule has 1 amide bonds. The summed E-state index contributed by atoms with van der Waals surface area (Å²) in [6.45, 7) is 24.2. The highest BCUT2D eigenvalue weighted by Gasteiger charge is 2.32. The number of hydrogen-bond donors (Lipinski definition) is 0. The number of rotatable bonds is 42. The van der Waals surface area contributed by atoms with E-state index in [0.29, 0.717) is 29.3 Å². The minimum atomic E-state index is 0.0321. The van der Waals surface area contributed by atoms with Crippen LogP contribution in [0.1, 0.15) is 259 Å². The van der Waals surface area contributed by atoms with Gasteiger partial charge in [0.1, 0.15) is 21.1 Å². The first kappa shape index (κ1) is 76.3. The molecule has 0 spiro atoms. The quantitative estimate of drug-likeness (QED) is 0.0216. The van der Waals surface area contributed by atoms with E-state index in [9.17, 15) is 4.79 Å². The molecule has 0 bridgehead atoms. The highest BCUT2D eigenvalue weighted by molar-refractivity contribution is 8.26. The van der Waals surface area contributed by atoms with Crippen LogP contribution in [0.2, 0.25) is 0 Å². The topological polar surface area (TPSA) is 55.3 Å². The lowest BCUT2D eigenvalue weighted by atomic mass is 9.95. The smallest absolute Gasteiger partial charge is 0.266 e. The van der Waals surface area contributed by atoms with Crippen LogP contribution in [0.5, 0.6) is 5.75 Å². The molecule has 1 aliphatic heterocycles. The van der Waals surface area contributed by atoms with Crippen molar-refractivity contribution in [2.75, 3.05) is 13.2 Å². The van der Waals surface area contributed by atoms with E-state index in [1.54, 1.807) is 4.90 Å². The van der Waals surface area contributed by atoms with E-state index in [0.717, 1.165) is 64.2 Å². The van der Waals surface area contributed by atoms with Crippen molar-refractivity contribution < 1.29 is 9.53 Å². The summed E-state index contributed by atoms with van der Waals surface area (Å²) in [6, 6.07) is 25.0. The maximum absolute atomic E-state index is 13.6. The Bertz CT molecular complexity index is 4190.